The molecule has 0 unspecified atom stereocenters. The summed E-state index contributed by atoms with van der Waals surface area (Å²) in [5.41, 5.74) is 12.4. The molecule has 1 aliphatic carbocycles. The van der Waals surface area contributed by atoms with Crippen molar-refractivity contribution >= 4 is 43.4 Å². The third-order valence-electron chi connectivity index (χ3n) is 12.3. The fraction of sp³-hybridized carbons (Fsp3) is 0.0909. The molecule has 0 aliphatic heterocycles. The molecule has 0 saturated heterocycles. The van der Waals surface area contributed by atoms with Gasteiger partial charge in [-0.05, 0) is 133 Å². The average molecular weight is 780 g/mol. The molecule has 0 spiro atoms. The summed E-state index contributed by atoms with van der Waals surface area (Å²) in [6.45, 7) is 0.434. The van der Waals surface area contributed by atoms with Crippen LogP contribution in [0.15, 0.2) is 188 Å². The first-order valence-corrected chi connectivity index (χ1v) is 20.5. The van der Waals surface area contributed by atoms with Gasteiger partial charge in [0.2, 0.25) is 0 Å². The monoisotopic (exact) mass is 779 g/mol. The number of hydrogen-bond acceptors (Lipinski definition) is 4. The van der Waals surface area contributed by atoms with Crippen LogP contribution < -0.4 is 9.47 Å². The number of para-hydroxylation sites is 2. The number of hydrogen-bond donors (Lipinski definition) is 2. The standard InChI is InChI=1S/C55H41NO4/c57-26-28-59-45-23-18-37-30-42(21-16-39(37)33-45)55(43-22-17-40-34-46(60-29-27-58)24-19-38(40)31-43)51-13-4-1-10-47(51)48-25-20-41(35-52(48)55)36-8-7-9-44(32-36)56-53-14-5-2-11-49(53)50-12-3-6-15-54(50)56/h1-25,30-35,57-58H,26-29H2. The molecule has 0 saturated carbocycles. The number of fused-ring (bicyclic) bond motifs is 8. The molecule has 60 heavy (non-hydrogen) atoms. The van der Waals surface area contributed by atoms with Crippen molar-refractivity contribution in [3.05, 3.63) is 210 Å². The van der Waals surface area contributed by atoms with E-state index < -0.39 is 5.41 Å². The van der Waals surface area contributed by atoms with E-state index in [1.54, 1.807) is 0 Å². The zero-order valence-corrected chi connectivity index (χ0v) is 32.9. The SMILES string of the molecule is OCCOc1ccc2cc(C3(c4ccc5cc(OCCO)ccc5c4)c4ccccc4-c4ccc(-c5cccc(-n6c7ccccc7c7ccccc76)c5)cc43)ccc2c1. The number of aliphatic hydroxyl groups excluding tert-OH is 2. The predicted molar refractivity (Wildman–Crippen MR) is 244 cm³/mol. The van der Waals surface area contributed by atoms with Gasteiger partial charge in [0.1, 0.15) is 24.7 Å². The Hall–Kier alpha value is -7.18. The minimum atomic E-state index is -0.660. The van der Waals surface area contributed by atoms with E-state index in [0.717, 1.165) is 49.9 Å². The fourth-order valence-electron chi connectivity index (χ4n) is 9.69. The van der Waals surface area contributed by atoms with E-state index in [-0.39, 0.29) is 26.4 Å². The van der Waals surface area contributed by atoms with Crippen LogP contribution in [0.3, 0.4) is 0 Å². The molecule has 2 N–H and O–H groups in total. The molecule has 5 heteroatoms. The van der Waals surface area contributed by atoms with E-state index >= 15 is 0 Å². The number of benzene rings is 9. The molecule has 1 heterocycles. The van der Waals surface area contributed by atoms with Crippen molar-refractivity contribution in [3.8, 4) is 39.4 Å². The largest absolute Gasteiger partial charge is 0.491 e. The van der Waals surface area contributed by atoms with E-state index in [4.69, 9.17) is 9.47 Å². The van der Waals surface area contributed by atoms with Crippen LogP contribution >= 0.6 is 0 Å². The molecule has 0 radical (unpaired) electrons. The number of aliphatic hydroxyl groups is 2. The molecule has 1 aromatic heterocycles. The smallest absolute Gasteiger partial charge is 0.120 e. The summed E-state index contributed by atoms with van der Waals surface area (Å²) >= 11 is 0. The van der Waals surface area contributed by atoms with Crippen LogP contribution in [0, 0.1) is 0 Å². The number of nitrogens with zero attached hydrogens (tertiary/aromatic N) is 1. The molecule has 0 fully saturated rings. The lowest BCUT2D eigenvalue weighted by molar-refractivity contribution is 0.201. The molecule has 0 atom stereocenters. The Morgan fingerprint density at radius 3 is 1.58 bits per heavy atom. The normalized spacial score (nSPS) is 12.9. The molecular formula is C55H41NO4. The Morgan fingerprint density at radius 1 is 0.417 bits per heavy atom. The summed E-state index contributed by atoms with van der Waals surface area (Å²) < 4.78 is 14.0. The van der Waals surface area contributed by atoms with Crippen molar-refractivity contribution in [2.45, 2.75) is 5.41 Å². The summed E-state index contributed by atoms with van der Waals surface area (Å²) in [7, 11) is 0. The Balaban J connectivity index is 1.13. The van der Waals surface area contributed by atoms with Crippen molar-refractivity contribution < 1.29 is 19.7 Å². The van der Waals surface area contributed by atoms with Gasteiger partial charge in [-0.15, -0.1) is 0 Å². The van der Waals surface area contributed by atoms with E-state index in [1.807, 2.05) is 24.3 Å². The van der Waals surface area contributed by atoms with Gasteiger partial charge in [-0.3, -0.25) is 0 Å². The van der Waals surface area contributed by atoms with Crippen molar-refractivity contribution in [2.24, 2.45) is 0 Å². The maximum atomic E-state index is 9.39. The summed E-state index contributed by atoms with van der Waals surface area (Å²) in [5, 5.41) is 25.6. The van der Waals surface area contributed by atoms with Crippen LogP contribution in [0.4, 0.5) is 0 Å². The Kier molecular flexibility index (Phi) is 8.73. The zero-order valence-electron chi connectivity index (χ0n) is 32.9. The average Bonchev–Trinajstić information content (AvgIpc) is 3.80. The number of aromatic nitrogens is 1. The summed E-state index contributed by atoms with van der Waals surface area (Å²) in [5.74, 6) is 1.47. The summed E-state index contributed by atoms with van der Waals surface area (Å²) in [6.07, 6.45) is 0. The lowest BCUT2D eigenvalue weighted by Crippen LogP contribution is -2.28. The minimum Gasteiger partial charge on any atom is -0.491 e. The van der Waals surface area contributed by atoms with Crippen molar-refractivity contribution in [3.63, 3.8) is 0 Å². The van der Waals surface area contributed by atoms with Gasteiger partial charge in [0, 0.05) is 16.5 Å². The number of ether oxygens (including phenoxy) is 2. The van der Waals surface area contributed by atoms with Crippen molar-refractivity contribution in [1.29, 1.82) is 0 Å². The maximum Gasteiger partial charge on any atom is 0.120 e. The highest BCUT2D eigenvalue weighted by atomic mass is 16.5. The quantitative estimate of drug-likeness (QED) is 0.145. The number of rotatable bonds is 10. The van der Waals surface area contributed by atoms with Crippen LogP contribution in [0.2, 0.25) is 0 Å². The molecule has 1 aliphatic rings. The lowest BCUT2D eigenvalue weighted by Gasteiger charge is -2.34. The van der Waals surface area contributed by atoms with Crippen LogP contribution in [-0.4, -0.2) is 41.2 Å². The predicted octanol–water partition coefficient (Wildman–Crippen LogP) is 11.9. The molecule has 0 amide bonds. The van der Waals surface area contributed by atoms with Gasteiger partial charge < -0.3 is 24.3 Å². The summed E-state index contributed by atoms with van der Waals surface area (Å²) in [6, 6.07) is 68.0. The fourth-order valence-corrected chi connectivity index (χ4v) is 9.69. The highest BCUT2D eigenvalue weighted by Gasteiger charge is 2.46. The first-order valence-electron chi connectivity index (χ1n) is 20.5. The minimum absolute atomic E-state index is 0.0342. The summed E-state index contributed by atoms with van der Waals surface area (Å²) in [4.78, 5) is 0. The van der Waals surface area contributed by atoms with E-state index in [1.165, 1.54) is 55.2 Å². The highest BCUT2D eigenvalue weighted by Crippen LogP contribution is 2.57. The lowest BCUT2D eigenvalue weighted by atomic mass is 9.67. The second-order valence-electron chi connectivity index (χ2n) is 15.6. The van der Waals surface area contributed by atoms with E-state index in [0.29, 0.717) is 0 Å². The molecular weight excluding hydrogens is 739 g/mol. The van der Waals surface area contributed by atoms with Gasteiger partial charge in [-0.2, -0.15) is 0 Å². The maximum absolute atomic E-state index is 9.39. The first kappa shape index (κ1) is 35.9. The molecule has 10 aromatic rings. The highest BCUT2D eigenvalue weighted by molar-refractivity contribution is 6.09. The Bertz CT molecular complexity index is 3130. The van der Waals surface area contributed by atoms with E-state index in [9.17, 15) is 10.2 Å². The third kappa shape index (κ3) is 5.70. The van der Waals surface area contributed by atoms with E-state index in [2.05, 4.69) is 168 Å². The van der Waals surface area contributed by atoms with Gasteiger partial charge in [0.05, 0.1) is 29.7 Å². The molecule has 0 bridgehead atoms. The Morgan fingerprint density at radius 2 is 0.950 bits per heavy atom. The third-order valence-corrected chi connectivity index (χ3v) is 12.3. The molecule has 9 aromatic carbocycles. The Labute approximate surface area is 347 Å². The van der Waals surface area contributed by atoms with Gasteiger partial charge in [0.15, 0.2) is 0 Å². The molecule has 11 rings (SSSR count). The second-order valence-corrected chi connectivity index (χ2v) is 15.6. The van der Waals surface area contributed by atoms with Gasteiger partial charge in [0.25, 0.3) is 0 Å². The molecule has 290 valence electrons. The van der Waals surface area contributed by atoms with Crippen molar-refractivity contribution in [1.82, 2.24) is 4.57 Å². The van der Waals surface area contributed by atoms with Crippen LogP contribution in [0.5, 0.6) is 11.5 Å². The topological polar surface area (TPSA) is 63.9 Å². The van der Waals surface area contributed by atoms with Gasteiger partial charge in [-0.1, -0.05) is 121 Å². The van der Waals surface area contributed by atoms with Crippen LogP contribution in [0.1, 0.15) is 22.3 Å². The van der Waals surface area contributed by atoms with Gasteiger partial charge >= 0.3 is 0 Å². The zero-order chi connectivity index (χ0) is 40.2. The van der Waals surface area contributed by atoms with Crippen LogP contribution in [-0.2, 0) is 5.41 Å². The van der Waals surface area contributed by atoms with Crippen molar-refractivity contribution in [2.75, 3.05) is 26.4 Å². The first-order chi connectivity index (χ1) is 29.6. The van der Waals surface area contributed by atoms with Gasteiger partial charge in [-0.25, -0.2) is 0 Å². The second kappa shape index (κ2) is 14.6. The molecule has 5 nitrogen and oxygen atoms in total. The van der Waals surface area contributed by atoms with Crippen LogP contribution in [0.25, 0.3) is 71.3 Å².